The van der Waals surface area contributed by atoms with Gasteiger partial charge in [0.1, 0.15) is 12.1 Å². The Balaban J connectivity index is 0.00000181. The summed E-state index contributed by atoms with van der Waals surface area (Å²) in [5.74, 6) is 1.06. The molecular weight excluding hydrogens is 473 g/mol. The maximum atomic E-state index is 12.9. The summed E-state index contributed by atoms with van der Waals surface area (Å²) in [6.45, 7) is 6.04. The molecule has 10 heteroatoms. The van der Waals surface area contributed by atoms with E-state index in [-0.39, 0.29) is 42.7 Å². The maximum Gasteiger partial charge on any atom is 0.239 e. The maximum absolute atomic E-state index is 12.9. The fraction of sp³-hybridized carbons (Fsp3) is 0.500. The molecule has 1 aliphatic heterocycles. The molecule has 2 aromatic rings. The summed E-state index contributed by atoms with van der Waals surface area (Å²) in [7, 11) is 0. The quantitative estimate of drug-likeness (QED) is 0.667. The number of hydrogen-bond acceptors (Lipinski definition) is 6. The van der Waals surface area contributed by atoms with E-state index in [0.29, 0.717) is 37.5 Å². The van der Waals surface area contributed by atoms with Crippen molar-refractivity contribution in [1.82, 2.24) is 14.9 Å². The summed E-state index contributed by atoms with van der Waals surface area (Å²) < 4.78 is 0. The highest BCUT2D eigenvalue weighted by Gasteiger charge is 2.36. The number of benzene rings is 1. The molecule has 176 valence electrons. The van der Waals surface area contributed by atoms with Crippen LogP contribution < -0.4 is 10.6 Å². The SMILES string of the molecule is C[C@@H]1C[C@@H](O)c2ncnc(N3CCN(C(=O)[C@H](N)Cc4ccc(Cl)cc4)C[C@@H]3C)c21.Cl.Cl. The minimum Gasteiger partial charge on any atom is -0.387 e. The fourth-order valence-electron chi connectivity index (χ4n) is 4.60. The van der Waals surface area contributed by atoms with Gasteiger partial charge in [0.2, 0.25) is 5.91 Å². The van der Waals surface area contributed by atoms with Gasteiger partial charge < -0.3 is 20.6 Å². The first-order valence-electron chi connectivity index (χ1n) is 10.4. The van der Waals surface area contributed by atoms with Crippen molar-refractivity contribution in [1.29, 1.82) is 0 Å². The number of anilines is 1. The van der Waals surface area contributed by atoms with Crippen molar-refractivity contribution in [2.24, 2.45) is 5.73 Å². The summed E-state index contributed by atoms with van der Waals surface area (Å²) in [6, 6.07) is 6.95. The molecule has 1 aromatic carbocycles. The van der Waals surface area contributed by atoms with Gasteiger partial charge in [-0.25, -0.2) is 9.97 Å². The van der Waals surface area contributed by atoms with Crippen LogP contribution in [-0.4, -0.2) is 57.6 Å². The van der Waals surface area contributed by atoms with Gasteiger partial charge in [-0.3, -0.25) is 4.79 Å². The smallest absolute Gasteiger partial charge is 0.239 e. The number of carbonyl (C=O) groups is 1. The van der Waals surface area contributed by atoms with Crippen molar-refractivity contribution < 1.29 is 9.90 Å². The molecule has 2 aliphatic rings. The predicted octanol–water partition coefficient (Wildman–Crippen LogP) is 3.12. The topological polar surface area (TPSA) is 95.6 Å². The van der Waals surface area contributed by atoms with Crippen molar-refractivity contribution >= 4 is 48.1 Å². The second-order valence-electron chi connectivity index (χ2n) is 8.41. The fourth-order valence-corrected chi connectivity index (χ4v) is 4.73. The molecule has 1 aliphatic carbocycles. The van der Waals surface area contributed by atoms with E-state index in [4.69, 9.17) is 17.3 Å². The Kier molecular flexibility index (Phi) is 9.14. The summed E-state index contributed by atoms with van der Waals surface area (Å²) in [5, 5.41) is 10.9. The molecule has 1 saturated heterocycles. The van der Waals surface area contributed by atoms with Gasteiger partial charge in [-0.2, -0.15) is 0 Å². The molecule has 0 unspecified atom stereocenters. The summed E-state index contributed by atoms with van der Waals surface area (Å²) in [6.07, 6.45) is 2.16. The Hall–Kier alpha value is -1.64. The lowest BCUT2D eigenvalue weighted by Crippen LogP contribution is -2.57. The average molecular weight is 503 g/mol. The Labute approximate surface area is 206 Å². The number of aliphatic hydroxyl groups is 1. The highest BCUT2D eigenvalue weighted by atomic mass is 35.5. The van der Waals surface area contributed by atoms with Crippen molar-refractivity contribution in [3.63, 3.8) is 0 Å². The van der Waals surface area contributed by atoms with Crippen LogP contribution in [-0.2, 0) is 11.2 Å². The number of hydrogen-bond donors (Lipinski definition) is 2. The van der Waals surface area contributed by atoms with E-state index in [1.807, 2.05) is 29.2 Å². The zero-order chi connectivity index (χ0) is 21.4. The Bertz CT molecular complexity index is 930. The van der Waals surface area contributed by atoms with Crippen LogP contribution in [0.2, 0.25) is 5.02 Å². The molecule has 1 aromatic heterocycles. The van der Waals surface area contributed by atoms with Gasteiger partial charge in [0.15, 0.2) is 0 Å². The van der Waals surface area contributed by atoms with E-state index in [1.165, 1.54) is 6.33 Å². The van der Waals surface area contributed by atoms with Gasteiger partial charge >= 0.3 is 0 Å². The number of carbonyl (C=O) groups excluding carboxylic acids is 1. The van der Waals surface area contributed by atoms with Gasteiger partial charge in [-0.1, -0.05) is 30.7 Å². The third-order valence-electron chi connectivity index (χ3n) is 6.18. The number of aromatic nitrogens is 2. The van der Waals surface area contributed by atoms with Crippen LogP contribution in [0.15, 0.2) is 30.6 Å². The van der Waals surface area contributed by atoms with Crippen molar-refractivity contribution in [3.8, 4) is 0 Å². The number of amides is 1. The van der Waals surface area contributed by atoms with Crippen LogP contribution in [0.1, 0.15) is 49.1 Å². The number of fused-ring (bicyclic) bond motifs is 1. The molecular formula is C22H30Cl3N5O2. The molecule has 0 spiro atoms. The Morgan fingerprint density at radius 1 is 1.22 bits per heavy atom. The first kappa shape index (κ1) is 26.6. The average Bonchev–Trinajstić information content (AvgIpc) is 3.03. The summed E-state index contributed by atoms with van der Waals surface area (Å²) >= 11 is 5.93. The highest BCUT2D eigenvalue weighted by molar-refractivity contribution is 6.30. The molecule has 32 heavy (non-hydrogen) atoms. The molecule has 0 radical (unpaired) electrons. The van der Waals surface area contributed by atoms with Crippen LogP contribution in [0.5, 0.6) is 0 Å². The molecule has 4 rings (SSSR count). The van der Waals surface area contributed by atoms with Crippen LogP contribution >= 0.6 is 36.4 Å². The van der Waals surface area contributed by atoms with E-state index in [1.54, 1.807) is 0 Å². The third kappa shape index (κ3) is 5.29. The lowest BCUT2D eigenvalue weighted by molar-refractivity contribution is -0.133. The minimum atomic E-state index is -0.580. The van der Waals surface area contributed by atoms with E-state index in [9.17, 15) is 9.90 Å². The second kappa shape index (κ2) is 11.0. The lowest BCUT2D eigenvalue weighted by atomic mass is 10.0. The number of aliphatic hydroxyl groups excluding tert-OH is 1. The molecule has 0 saturated carbocycles. The van der Waals surface area contributed by atoms with Crippen LogP contribution in [0.3, 0.4) is 0 Å². The van der Waals surface area contributed by atoms with Crippen molar-refractivity contribution in [2.75, 3.05) is 24.5 Å². The molecule has 1 amide bonds. The highest BCUT2D eigenvalue weighted by Crippen LogP contribution is 2.43. The monoisotopic (exact) mass is 501 g/mol. The Morgan fingerprint density at radius 3 is 2.56 bits per heavy atom. The Morgan fingerprint density at radius 2 is 1.91 bits per heavy atom. The zero-order valence-electron chi connectivity index (χ0n) is 18.1. The van der Waals surface area contributed by atoms with Crippen LogP contribution in [0, 0.1) is 0 Å². The van der Waals surface area contributed by atoms with Crippen LogP contribution in [0.4, 0.5) is 5.82 Å². The summed E-state index contributed by atoms with van der Waals surface area (Å²) in [5.41, 5.74) is 9.00. The minimum absolute atomic E-state index is 0. The molecule has 3 N–H and O–H groups in total. The lowest BCUT2D eigenvalue weighted by Gasteiger charge is -2.42. The van der Waals surface area contributed by atoms with Crippen LogP contribution in [0.25, 0.3) is 0 Å². The molecule has 7 nitrogen and oxygen atoms in total. The van der Waals surface area contributed by atoms with E-state index < -0.39 is 12.1 Å². The number of rotatable bonds is 4. The molecule has 0 bridgehead atoms. The van der Waals surface area contributed by atoms with E-state index in [0.717, 1.165) is 22.6 Å². The van der Waals surface area contributed by atoms with Gasteiger partial charge in [0.25, 0.3) is 0 Å². The number of nitrogens with two attached hydrogens (primary N) is 1. The van der Waals surface area contributed by atoms with E-state index in [2.05, 4.69) is 28.7 Å². The van der Waals surface area contributed by atoms with Gasteiger partial charge in [-0.15, -0.1) is 24.8 Å². The molecule has 1 fully saturated rings. The predicted molar refractivity (Wildman–Crippen MR) is 131 cm³/mol. The largest absolute Gasteiger partial charge is 0.387 e. The zero-order valence-corrected chi connectivity index (χ0v) is 20.5. The second-order valence-corrected chi connectivity index (χ2v) is 8.85. The normalized spacial score (nSPS) is 23.1. The van der Waals surface area contributed by atoms with Crippen molar-refractivity contribution in [3.05, 3.63) is 52.4 Å². The standard InChI is InChI=1S/C22H28ClN5O2.2ClH/c1-13-9-18(29)20-19(13)21(26-12-25-20)28-8-7-27(11-14(28)2)22(30)17(24)10-15-3-5-16(23)6-4-15;;/h3-6,12-14,17-18,29H,7-11,24H2,1-2H3;2*1H/t13-,14+,17-,18-;;/m1../s1. The number of halogens is 3. The first-order chi connectivity index (χ1) is 14.3. The molecule has 2 heterocycles. The number of piperazine rings is 1. The summed E-state index contributed by atoms with van der Waals surface area (Å²) in [4.78, 5) is 25.9. The first-order valence-corrected chi connectivity index (χ1v) is 10.8. The van der Waals surface area contributed by atoms with Crippen molar-refractivity contribution in [2.45, 2.75) is 50.8 Å². The van der Waals surface area contributed by atoms with E-state index >= 15 is 0 Å². The van der Waals surface area contributed by atoms with Gasteiger partial charge in [-0.05, 0) is 43.4 Å². The third-order valence-corrected chi connectivity index (χ3v) is 6.43. The van der Waals surface area contributed by atoms with Gasteiger partial charge in [0.05, 0.1) is 17.8 Å². The van der Waals surface area contributed by atoms with Gasteiger partial charge in [0, 0.05) is 36.3 Å². The molecule has 4 atom stereocenters. The number of nitrogens with zero attached hydrogens (tertiary/aromatic N) is 4.